The molecule has 3 amide bonds. The van der Waals surface area contributed by atoms with Crippen molar-refractivity contribution in [3.63, 3.8) is 0 Å². The Kier molecular flexibility index (Phi) is 4.31. The quantitative estimate of drug-likeness (QED) is 0.635. The smallest absolute Gasteiger partial charge is 0.238 e. The number of hydrogen-bond acceptors (Lipinski definition) is 3. The third-order valence-corrected chi connectivity index (χ3v) is 6.36. The molecule has 146 valence electrons. The minimum Gasteiger partial charge on any atom is -0.352 e. The number of imide groups is 1. The predicted octanol–water partition coefficient (Wildman–Crippen LogP) is 2.86. The fraction of sp³-hybridized carbons (Fsp3) is 0.292. The molecule has 5 rings (SSSR count). The van der Waals surface area contributed by atoms with Crippen molar-refractivity contribution in [3.05, 3.63) is 77.9 Å². The van der Waals surface area contributed by atoms with Crippen LogP contribution in [0.5, 0.6) is 0 Å². The Balaban J connectivity index is 1.23. The first-order valence-corrected chi connectivity index (χ1v) is 10.1. The summed E-state index contributed by atoms with van der Waals surface area (Å²) in [5.74, 6) is -0.192. The normalized spacial score (nSPS) is 26.8. The molecule has 29 heavy (non-hydrogen) atoms. The second-order valence-electron chi connectivity index (χ2n) is 8.12. The lowest BCUT2D eigenvalue weighted by atomic mass is 9.85. The van der Waals surface area contributed by atoms with Crippen molar-refractivity contribution in [3.8, 4) is 0 Å². The number of nitrogens with one attached hydrogen (secondary N) is 1. The molecule has 1 N–H and O–H groups in total. The fourth-order valence-electron chi connectivity index (χ4n) is 4.96. The summed E-state index contributed by atoms with van der Waals surface area (Å²) in [5.41, 5.74) is 2.50. The number of amides is 3. The molecular formula is C24H22N2O3. The second-order valence-corrected chi connectivity index (χ2v) is 8.12. The molecule has 2 aromatic carbocycles. The molecule has 5 nitrogen and oxygen atoms in total. The summed E-state index contributed by atoms with van der Waals surface area (Å²) in [6.45, 7) is 0.494. The molecule has 4 atom stereocenters. The number of carbonyl (C=O) groups is 3. The molecule has 0 radical (unpaired) electrons. The number of rotatable bonds is 5. The van der Waals surface area contributed by atoms with E-state index in [9.17, 15) is 14.4 Å². The van der Waals surface area contributed by atoms with Crippen molar-refractivity contribution in [1.82, 2.24) is 5.32 Å². The number of fused-ring (bicyclic) bond motifs is 5. The van der Waals surface area contributed by atoms with Gasteiger partial charge in [0.1, 0.15) is 0 Å². The van der Waals surface area contributed by atoms with Crippen LogP contribution in [0.3, 0.4) is 0 Å². The van der Waals surface area contributed by atoms with Gasteiger partial charge in [-0.1, -0.05) is 54.6 Å². The molecule has 1 saturated heterocycles. The van der Waals surface area contributed by atoms with Gasteiger partial charge in [-0.2, -0.15) is 0 Å². The Bertz CT molecular complexity index is 967. The minimum atomic E-state index is -0.194. The SMILES string of the molecule is O=C(Cc1ccc(N2C(=O)C3C4C=CC(C4)C3C2=O)cc1)NCc1ccccc1. The Morgan fingerprint density at radius 3 is 2.10 bits per heavy atom. The first-order valence-electron chi connectivity index (χ1n) is 10.1. The summed E-state index contributed by atoms with van der Waals surface area (Å²) >= 11 is 0. The van der Waals surface area contributed by atoms with E-state index in [2.05, 4.69) is 17.5 Å². The molecule has 2 bridgehead atoms. The third-order valence-electron chi connectivity index (χ3n) is 6.36. The zero-order valence-corrected chi connectivity index (χ0v) is 16.0. The van der Waals surface area contributed by atoms with E-state index in [1.807, 2.05) is 42.5 Å². The van der Waals surface area contributed by atoms with Gasteiger partial charge < -0.3 is 5.32 Å². The predicted molar refractivity (Wildman–Crippen MR) is 109 cm³/mol. The standard InChI is InChI=1S/C24H22N2O3/c27-20(25-14-16-4-2-1-3-5-16)12-15-6-10-19(11-7-15)26-23(28)21-17-8-9-18(13-17)22(21)24(26)29/h1-11,17-18,21-22H,12-14H2,(H,25,27). The Labute approximate surface area is 169 Å². The highest BCUT2D eigenvalue weighted by Gasteiger charge is 2.59. The number of benzene rings is 2. The molecule has 2 aromatic rings. The highest BCUT2D eigenvalue weighted by molar-refractivity contribution is 6.22. The van der Waals surface area contributed by atoms with E-state index < -0.39 is 0 Å². The van der Waals surface area contributed by atoms with Crippen molar-refractivity contribution in [2.24, 2.45) is 23.7 Å². The lowest BCUT2D eigenvalue weighted by Crippen LogP contribution is -2.32. The van der Waals surface area contributed by atoms with Crippen LogP contribution in [-0.2, 0) is 27.3 Å². The minimum absolute atomic E-state index is 0.0629. The summed E-state index contributed by atoms with van der Waals surface area (Å²) in [6, 6.07) is 16.9. The number of hydrogen-bond donors (Lipinski definition) is 1. The highest BCUT2D eigenvalue weighted by Crippen LogP contribution is 2.53. The monoisotopic (exact) mass is 386 g/mol. The number of nitrogens with zero attached hydrogens (tertiary/aromatic N) is 1. The van der Waals surface area contributed by atoms with Crippen molar-refractivity contribution >= 4 is 23.4 Å². The summed E-state index contributed by atoms with van der Waals surface area (Å²) in [6.07, 6.45) is 5.38. The van der Waals surface area contributed by atoms with Crippen LogP contribution in [-0.4, -0.2) is 17.7 Å². The van der Waals surface area contributed by atoms with Gasteiger partial charge in [-0.05, 0) is 41.5 Å². The average Bonchev–Trinajstić information content (AvgIpc) is 3.42. The lowest BCUT2D eigenvalue weighted by molar-refractivity contribution is -0.123. The first-order chi connectivity index (χ1) is 14.1. The Morgan fingerprint density at radius 1 is 0.862 bits per heavy atom. The van der Waals surface area contributed by atoms with Gasteiger partial charge in [0.15, 0.2) is 0 Å². The molecule has 2 aliphatic carbocycles. The highest BCUT2D eigenvalue weighted by atomic mass is 16.2. The van der Waals surface area contributed by atoms with Gasteiger partial charge in [0, 0.05) is 6.54 Å². The molecule has 3 aliphatic rings. The van der Waals surface area contributed by atoms with Crippen LogP contribution in [0.1, 0.15) is 17.5 Å². The molecule has 0 spiro atoms. The number of carbonyl (C=O) groups excluding carboxylic acids is 3. The van der Waals surface area contributed by atoms with E-state index in [4.69, 9.17) is 0 Å². The van der Waals surface area contributed by atoms with Gasteiger partial charge in [0.05, 0.1) is 23.9 Å². The van der Waals surface area contributed by atoms with Crippen LogP contribution in [0.2, 0.25) is 0 Å². The molecule has 1 aliphatic heterocycles. The van der Waals surface area contributed by atoms with Gasteiger partial charge >= 0.3 is 0 Å². The molecule has 4 unspecified atom stereocenters. The van der Waals surface area contributed by atoms with E-state index in [0.29, 0.717) is 12.2 Å². The van der Waals surface area contributed by atoms with Crippen molar-refractivity contribution in [1.29, 1.82) is 0 Å². The van der Waals surface area contributed by atoms with Gasteiger partial charge in [-0.3, -0.25) is 19.3 Å². The molecule has 2 fully saturated rings. The van der Waals surface area contributed by atoms with Crippen LogP contribution in [0, 0.1) is 23.7 Å². The van der Waals surface area contributed by atoms with E-state index in [0.717, 1.165) is 17.5 Å². The van der Waals surface area contributed by atoms with Crippen LogP contribution in [0.15, 0.2) is 66.7 Å². The zero-order valence-electron chi connectivity index (χ0n) is 16.0. The van der Waals surface area contributed by atoms with Crippen molar-refractivity contribution in [2.45, 2.75) is 19.4 Å². The maximum atomic E-state index is 12.9. The first kappa shape index (κ1) is 17.9. The Morgan fingerprint density at radius 2 is 1.48 bits per heavy atom. The summed E-state index contributed by atoms with van der Waals surface area (Å²) in [5, 5.41) is 2.91. The lowest BCUT2D eigenvalue weighted by Gasteiger charge is -2.17. The molecular weight excluding hydrogens is 364 g/mol. The topological polar surface area (TPSA) is 66.5 Å². The van der Waals surface area contributed by atoms with E-state index >= 15 is 0 Å². The van der Waals surface area contributed by atoms with E-state index in [1.54, 1.807) is 12.1 Å². The van der Waals surface area contributed by atoms with E-state index in [-0.39, 0.29) is 47.8 Å². The van der Waals surface area contributed by atoms with Crippen molar-refractivity contribution < 1.29 is 14.4 Å². The summed E-state index contributed by atoms with van der Waals surface area (Å²) < 4.78 is 0. The summed E-state index contributed by atoms with van der Waals surface area (Å²) in [4.78, 5) is 39.3. The van der Waals surface area contributed by atoms with Gasteiger partial charge in [-0.25, -0.2) is 0 Å². The third kappa shape index (κ3) is 3.07. The van der Waals surface area contributed by atoms with Gasteiger partial charge in [0.2, 0.25) is 17.7 Å². The molecule has 5 heteroatoms. The Hall–Kier alpha value is -3.21. The maximum Gasteiger partial charge on any atom is 0.238 e. The molecule has 0 aromatic heterocycles. The summed E-state index contributed by atoms with van der Waals surface area (Å²) in [7, 11) is 0. The second kappa shape index (κ2) is 6.99. The van der Waals surface area contributed by atoms with Crippen LogP contribution >= 0.6 is 0 Å². The maximum absolute atomic E-state index is 12.9. The zero-order chi connectivity index (χ0) is 20.0. The fourth-order valence-corrected chi connectivity index (χ4v) is 4.96. The average molecular weight is 386 g/mol. The number of anilines is 1. The molecule has 1 heterocycles. The van der Waals surface area contributed by atoms with E-state index in [1.165, 1.54) is 4.90 Å². The van der Waals surface area contributed by atoms with Crippen molar-refractivity contribution in [2.75, 3.05) is 4.90 Å². The number of allylic oxidation sites excluding steroid dienone is 2. The van der Waals surface area contributed by atoms with Crippen LogP contribution in [0.25, 0.3) is 0 Å². The molecule has 1 saturated carbocycles. The van der Waals surface area contributed by atoms with Gasteiger partial charge in [-0.15, -0.1) is 0 Å². The van der Waals surface area contributed by atoms with Gasteiger partial charge in [0.25, 0.3) is 0 Å². The van der Waals surface area contributed by atoms with Crippen LogP contribution in [0.4, 0.5) is 5.69 Å². The largest absolute Gasteiger partial charge is 0.352 e. The van der Waals surface area contributed by atoms with Crippen LogP contribution < -0.4 is 10.2 Å².